The lowest BCUT2D eigenvalue weighted by molar-refractivity contribution is -0.124. The summed E-state index contributed by atoms with van der Waals surface area (Å²) in [5, 5.41) is 3.83. The smallest absolute Gasteiger partial charge is 0.343 e. The monoisotopic (exact) mass is 445 g/mol. The van der Waals surface area contributed by atoms with Gasteiger partial charge in [0.2, 0.25) is 0 Å². The summed E-state index contributed by atoms with van der Waals surface area (Å²) in [6.07, 6.45) is 3.95. The zero-order chi connectivity index (χ0) is 21.5. The molecule has 0 fully saturated rings. The Morgan fingerprint density at radius 1 is 1.23 bits per heavy atom. The van der Waals surface area contributed by atoms with Gasteiger partial charge >= 0.3 is 5.97 Å². The van der Waals surface area contributed by atoms with E-state index >= 15 is 0 Å². The van der Waals surface area contributed by atoms with Gasteiger partial charge in [0.1, 0.15) is 10.6 Å². The Hall–Kier alpha value is -2.84. The Labute approximate surface area is 183 Å². The van der Waals surface area contributed by atoms with Crippen LogP contribution in [0.15, 0.2) is 52.1 Å². The van der Waals surface area contributed by atoms with Crippen LogP contribution >= 0.6 is 23.4 Å². The van der Waals surface area contributed by atoms with Gasteiger partial charge in [-0.05, 0) is 49.4 Å². The van der Waals surface area contributed by atoms with Gasteiger partial charge in [-0.2, -0.15) is 0 Å². The van der Waals surface area contributed by atoms with E-state index in [1.165, 1.54) is 18.0 Å². The van der Waals surface area contributed by atoms with Gasteiger partial charge in [0.05, 0.1) is 12.0 Å². The van der Waals surface area contributed by atoms with E-state index < -0.39 is 5.97 Å². The second kappa shape index (κ2) is 10.3. The number of hydrogen-bond donors (Lipinski definition) is 1. The van der Waals surface area contributed by atoms with Gasteiger partial charge in [0, 0.05) is 11.6 Å². The van der Waals surface area contributed by atoms with Crippen molar-refractivity contribution in [2.24, 2.45) is 0 Å². The molecular formula is C21H20ClN3O4S. The van der Waals surface area contributed by atoms with Crippen molar-refractivity contribution in [3.8, 4) is 11.6 Å². The van der Waals surface area contributed by atoms with Gasteiger partial charge < -0.3 is 14.5 Å². The Morgan fingerprint density at radius 3 is 2.77 bits per heavy atom. The highest BCUT2D eigenvalue weighted by molar-refractivity contribution is 7.98. The molecule has 0 spiro atoms. The molecule has 0 saturated carbocycles. The Kier molecular flexibility index (Phi) is 7.48. The van der Waals surface area contributed by atoms with Crippen LogP contribution in [0.4, 0.5) is 0 Å². The lowest BCUT2D eigenvalue weighted by Crippen LogP contribution is -2.30. The molecule has 0 aliphatic rings. The summed E-state index contributed by atoms with van der Waals surface area (Å²) in [5.41, 5.74) is 1.70. The molecule has 0 aliphatic carbocycles. The number of carbonyl (C=O) groups excluding carboxylic acids is 2. The number of thioether (sulfide) groups is 1. The molecule has 0 bridgehead atoms. The van der Waals surface area contributed by atoms with E-state index in [0.717, 1.165) is 5.56 Å². The van der Waals surface area contributed by atoms with Gasteiger partial charge in [-0.25, -0.2) is 14.8 Å². The fourth-order valence-corrected chi connectivity index (χ4v) is 3.56. The number of nitrogens with zero attached hydrogens (tertiary/aromatic N) is 2. The standard InChI is InChI=1S/C21H20ClN3O4S/c1-13-18(20(30-2)25-19(24-13)16-7-4-10-28-16)21(27)29-12-17(26)23-9-8-14-5-3-6-15(22)11-14/h3-7,10-11H,8-9,12H2,1-2H3,(H,23,26). The average Bonchev–Trinajstić information content (AvgIpc) is 3.26. The highest BCUT2D eigenvalue weighted by Crippen LogP contribution is 2.25. The maximum atomic E-state index is 12.5. The fraction of sp³-hybridized carbons (Fsp3) is 0.238. The topological polar surface area (TPSA) is 94.3 Å². The van der Waals surface area contributed by atoms with Crippen LogP contribution in [0.3, 0.4) is 0 Å². The molecule has 0 atom stereocenters. The van der Waals surface area contributed by atoms with Crippen LogP contribution in [0.1, 0.15) is 21.6 Å². The third-order valence-electron chi connectivity index (χ3n) is 4.15. The summed E-state index contributed by atoms with van der Waals surface area (Å²) in [6.45, 7) is 1.71. The van der Waals surface area contributed by atoms with Crippen molar-refractivity contribution < 1.29 is 18.7 Å². The van der Waals surface area contributed by atoms with Crippen LogP contribution in [0.25, 0.3) is 11.6 Å². The molecule has 1 N–H and O–H groups in total. The Bertz CT molecular complexity index is 1040. The van der Waals surface area contributed by atoms with Gasteiger partial charge in [-0.3, -0.25) is 4.79 Å². The Balaban J connectivity index is 1.57. The SMILES string of the molecule is CSc1nc(-c2ccco2)nc(C)c1C(=O)OCC(=O)NCCc1cccc(Cl)c1. The van der Waals surface area contributed by atoms with E-state index in [-0.39, 0.29) is 18.1 Å². The molecule has 2 heterocycles. The third kappa shape index (κ3) is 5.61. The van der Waals surface area contributed by atoms with Crippen molar-refractivity contribution >= 4 is 35.2 Å². The van der Waals surface area contributed by atoms with Crippen molar-refractivity contribution in [3.63, 3.8) is 0 Å². The number of benzene rings is 1. The van der Waals surface area contributed by atoms with Crippen molar-refractivity contribution in [1.29, 1.82) is 0 Å². The number of rotatable bonds is 8. The van der Waals surface area contributed by atoms with E-state index in [0.29, 0.717) is 40.3 Å². The molecule has 3 rings (SSSR count). The first kappa shape index (κ1) is 21.9. The van der Waals surface area contributed by atoms with Crippen LogP contribution < -0.4 is 5.32 Å². The van der Waals surface area contributed by atoms with Gasteiger partial charge in [0.25, 0.3) is 5.91 Å². The summed E-state index contributed by atoms with van der Waals surface area (Å²) in [5.74, 6) is -0.140. The molecule has 0 radical (unpaired) electrons. The zero-order valence-corrected chi connectivity index (χ0v) is 18.0. The quantitative estimate of drug-likeness (QED) is 0.319. The summed E-state index contributed by atoms with van der Waals surface area (Å²) >= 11 is 7.23. The van der Waals surface area contributed by atoms with Gasteiger partial charge in [-0.1, -0.05) is 23.7 Å². The second-order valence-electron chi connectivity index (χ2n) is 6.30. The summed E-state index contributed by atoms with van der Waals surface area (Å²) in [7, 11) is 0. The number of halogens is 1. The summed E-state index contributed by atoms with van der Waals surface area (Å²) in [6, 6.07) is 10.9. The molecule has 0 unspecified atom stereocenters. The van der Waals surface area contributed by atoms with Crippen molar-refractivity contribution in [2.45, 2.75) is 18.4 Å². The minimum atomic E-state index is -0.646. The van der Waals surface area contributed by atoms with Crippen molar-refractivity contribution in [3.05, 3.63) is 64.5 Å². The second-order valence-corrected chi connectivity index (χ2v) is 7.53. The van der Waals surface area contributed by atoms with Crippen LogP contribution in [0.5, 0.6) is 0 Å². The maximum Gasteiger partial charge on any atom is 0.343 e. The molecule has 9 heteroatoms. The molecule has 1 aromatic carbocycles. The number of hydrogen-bond acceptors (Lipinski definition) is 7. The normalized spacial score (nSPS) is 10.6. The Morgan fingerprint density at radius 2 is 2.07 bits per heavy atom. The molecule has 7 nitrogen and oxygen atoms in total. The van der Waals surface area contributed by atoms with Crippen molar-refractivity contribution in [2.75, 3.05) is 19.4 Å². The average molecular weight is 446 g/mol. The predicted octanol–water partition coefficient (Wildman–Crippen LogP) is 3.94. The van der Waals surface area contributed by atoms with Crippen LogP contribution in [-0.2, 0) is 16.0 Å². The number of esters is 1. The highest BCUT2D eigenvalue weighted by atomic mass is 35.5. The molecule has 30 heavy (non-hydrogen) atoms. The predicted molar refractivity (Wildman–Crippen MR) is 115 cm³/mol. The number of aryl methyl sites for hydroxylation is 1. The first-order chi connectivity index (χ1) is 14.5. The molecule has 2 aromatic heterocycles. The van der Waals surface area contributed by atoms with Crippen molar-refractivity contribution in [1.82, 2.24) is 15.3 Å². The van der Waals surface area contributed by atoms with E-state index in [4.69, 9.17) is 20.8 Å². The van der Waals surface area contributed by atoms with Gasteiger partial charge in [-0.15, -0.1) is 11.8 Å². The van der Waals surface area contributed by atoms with Crippen LogP contribution in [0.2, 0.25) is 5.02 Å². The van der Waals surface area contributed by atoms with Gasteiger partial charge in [0.15, 0.2) is 18.2 Å². The third-order valence-corrected chi connectivity index (χ3v) is 5.07. The van der Waals surface area contributed by atoms with E-state index in [1.807, 2.05) is 18.2 Å². The summed E-state index contributed by atoms with van der Waals surface area (Å²) < 4.78 is 10.5. The number of amides is 1. The van der Waals surface area contributed by atoms with E-state index in [2.05, 4.69) is 15.3 Å². The lowest BCUT2D eigenvalue weighted by Gasteiger charge is -2.11. The number of carbonyl (C=O) groups is 2. The number of furan rings is 1. The van der Waals surface area contributed by atoms with Crippen LogP contribution in [0, 0.1) is 6.92 Å². The molecular weight excluding hydrogens is 426 g/mol. The molecule has 0 aliphatic heterocycles. The van der Waals surface area contributed by atoms with Crippen LogP contribution in [-0.4, -0.2) is 41.3 Å². The fourth-order valence-electron chi connectivity index (χ4n) is 2.74. The number of nitrogens with one attached hydrogen (secondary N) is 1. The maximum absolute atomic E-state index is 12.5. The first-order valence-electron chi connectivity index (χ1n) is 9.12. The molecule has 156 valence electrons. The summed E-state index contributed by atoms with van der Waals surface area (Å²) in [4.78, 5) is 33.3. The number of aromatic nitrogens is 2. The highest BCUT2D eigenvalue weighted by Gasteiger charge is 2.21. The largest absolute Gasteiger partial charge is 0.461 e. The van der Waals surface area contributed by atoms with E-state index in [1.54, 1.807) is 31.4 Å². The zero-order valence-electron chi connectivity index (χ0n) is 16.5. The number of ether oxygens (including phenoxy) is 1. The molecule has 0 saturated heterocycles. The van der Waals surface area contributed by atoms with E-state index in [9.17, 15) is 9.59 Å². The minimum absolute atomic E-state index is 0.240. The molecule has 1 amide bonds. The lowest BCUT2D eigenvalue weighted by atomic mass is 10.1. The first-order valence-corrected chi connectivity index (χ1v) is 10.7. The molecule has 3 aromatic rings. The minimum Gasteiger partial charge on any atom is -0.461 e.